The molecule has 0 aliphatic carbocycles. The van der Waals surface area contributed by atoms with Gasteiger partial charge >= 0.3 is 23.9 Å². The summed E-state index contributed by atoms with van der Waals surface area (Å²) in [5, 5.41) is 31.5. The SMILES string of the molecule is CCCC/C=C\CCCCCCCC(=O)OC1C(OCC(COC(=O)CCCCCCCCCCC/C=C\CCCCCCCC)OC(=O)CCCCCCCCCCCCCCCCCCCCC)OC(C(=O)O)C(O)C1O. The van der Waals surface area contributed by atoms with Crippen molar-refractivity contribution in [3.8, 4) is 0 Å². The highest BCUT2D eigenvalue weighted by molar-refractivity contribution is 5.74. The maximum atomic E-state index is 13.2. The first-order chi connectivity index (χ1) is 38.6. The van der Waals surface area contributed by atoms with E-state index >= 15 is 0 Å². The summed E-state index contributed by atoms with van der Waals surface area (Å²) in [7, 11) is 0. The van der Waals surface area contributed by atoms with E-state index in [-0.39, 0.29) is 25.9 Å². The molecule has 1 rings (SSSR count). The van der Waals surface area contributed by atoms with Crippen molar-refractivity contribution in [2.75, 3.05) is 13.2 Å². The summed E-state index contributed by atoms with van der Waals surface area (Å²) in [6.45, 7) is 6.00. The molecule has 6 unspecified atom stereocenters. The molecule has 3 N–H and O–H groups in total. The van der Waals surface area contributed by atoms with Crippen LogP contribution in [-0.4, -0.2) is 89.2 Å². The highest BCUT2D eigenvalue weighted by atomic mass is 16.7. The Balaban J connectivity index is 2.61. The van der Waals surface area contributed by atoms with Crippen LogP contribution in [0.5, 0.6) is 0 Å². The van der Waals surface area contributed by atoms with Gasteiger partial charge in [0.2, 0.25) is 0 Å². The van der Waals surface area contributed by atoms with E-state index in [0.29, 0.717) is 19.3 Å². The molecule has 0 amide bonds. The predicted octanol–water partition coefficient (Wildman–Crippen LogP) is 17.8. The van der Waals surface area contributed by atoms with Gasteiger partial charge < -0.3 is 39.0 Å². The zero-order valence-corrected chi connectivity index (χ0v) is 51.1. The van der Waals surface area contributed by atoms with Gasteiger partial charge in [-0.25, -0.2) is 4.79 Å². The molecule has 1 aliphatic heterocycles. The summed E-state index contributed by atoms with van der Waals surface area (Å²) in [6, 6.07) is 0. The highest BCUT2D eigenvalue weighted by Gasteiger charge is 2.50. The lowest BCUT2D eigenvalue weighted by atomic mass is 9.98. The normalized spacial score (nSPS) is 17.9. The van der Waals surface area contributed by atoms with E-state index in [1.165, 1.54) is 193 Å². The molecule has 12 nitrogen and oxygen atoms in total. The first kappa shape index (κ1) is 74.2. The lowest BCUT2D eigenvalue weighted by Crippen LogP contribution is -2.61. The first-order valence-electron chi connectivity index (χ1n) is 33.3. The molecule has 6 atom stereocenters. The third-order valence-corrected chi connectivity index (χ3v) is 15.5. The van der Waals surface area contributed by atoms with E-state index in [4.69, 9.17) is 23.7 Å². The average molecular weight is 1120 g/mol. The third-order valence-electron chi connectivity index (χ3n) is 15.5. The van der Waals surface area contributed by atoms with E-state index in [1.54, 1.807) is 0 Å². The number of carbonyl (C=O) groups excluding carboxylic acids is 3. The minimum Gasteiger partial charge on any atom is -0.479 e. The molecule has 79 heavy (non-hydrogen) atoms. The number of hydrogen-bond donors (Lipinski definition) is 3. The molecule has 0 bridgehead atoms. The Morgan fingerprint density at radius 2 is 0.734 bits per heavy atom. The molecule has 0 aromatic carbocycles. The maximum Gasteiger partial charge on any atom is 0.335 e. The summed E-state index contributed by atoms with van der Waals surface area (Å²) in [6.07, 6.45) is 52.9. The van der Waals surface area contributed by atoms with Crippen LogP contribution in [0.1, 0.15) is 329 Å². The summed E-state index contributed by atoms with van der Waals surface area (Å²) < 4.78 is 28.5. The molecule has 0 radical (unpaired) electrons. The van der Waals surface area contributed by atoms with Crippen LogP contribution in [-0.2, 0) is 42.9 Å². The number of carbonyl (C=O) groups is 4. The number of ether oxygens (including phenoxy) is 5. The van der Waals surface area contributed by atoms with Gasteiger partial charge in [0.1, 0.15) is 18.8 Å². The fourth-order valence-electron chi connectivity index (χ4n) is 10.3. The summed E-state index contributed by atoms with van der Waals surface area (Å²) in [5.74, 6) is -3.09. The van der Waals surface area contributed by atoms with E-state index in [2.05, 4.69) is 45.1 Å². The molecule has 0 spiro atoms. The van der Waals surface area contributed by atoms with Crippen LogP contribution in [0.3, 0.4) is 0 Å². The quantitative estimate of drug-likeness (QED) is 0.0228. The van der Waals surface area contributed by atoms with Crippen molar-refractivity contribution < 1.29 is 58.2 Å². The Morgan fingerprint density at radius 3 is 1.11 bits per heavy atom. The number of carboxylic acid groups (broad SMARTS) is 1. The molecular formula is C67H122O12. The van der Waals surface area contributed by atoms with Crippen LogP contribution < -0.4 is 0 Å². The molecule has 1 fully saturated rings. The van der Waals surface area contributed by atoms with E-state index in [0.717, 1.165) is 77.0 Å². The zero-order valence-electron chi connectivity index (χ0n) is 51.1. The van der Waals surface area contributed by atoms with Crippen LogP contribution in [0.25, 0.3) is 0 Å². The molecule has 462 valence electrons. The second kappa shape index (κ2) is 55.7. The number of aliphatic hydroxyl groups is 2. The van der Waals surface area contributed by atoms with Crippen molar-refractivity contribution in [3.05, 3.63) is 24.3 Å². The van der Waals surface area contributed by atoms with Crippen LogP contribution in [0, 0.1) is 0 Å². The molecule has 1 aliphatic rings. The minimum atomic E-state index is -1.90. The van der Waals surface area contributed by atoms with Crippen LogP contribution in [0.2, 0.25) is 0 Å². The number of carboxylic acids is 1. The Labute approximate surface area is 483 Å². The van der Waals surface area contributed by atoms with E-state index < -0.39 is 67.3 Å². The maximum absolute atomic E-state index is 13.2. The molecule has 12 heteroatoms. The smallest absolute Gasteiger partial charge is 0.335 e. The van der Waals surface area contributed by atoms with Crippen molar-refractivity contribution in [1.82, 2.24) is 0 Å². The molecule has 0 aromatic heterocycles. The standard InChI is InChI=1S/C67H122O12/c1-4-7-10-13-16-19-22-24-26-28-30-32-34-36-39-41-44-47-50-53-59(68)75-56-58(77-60(69)54-51-48-45-43-40-37-35-33-31-29-27-25-23-20-17-14-11-8-5-2)57-76-67-65(63(72)62(71)64(79-67)66(73)74)78-61(70)55-52-49-46-42-38-21-18-15-12-9-6-3/h15,18,24,26,58,62-65,67,71-72H,4-14,16-17,19-23,25,27-57H2,1-3H3,(H,73,74)/b18-15-,26-24-. The van der Waals surface area contributed by atoms with Gasteiger partial charge in [-0.2, -0.15) is 0 Å². The van der Waals surface area contributed by atoms with Gasteiger partial charge in [0.15, 0.2) is 24.6 Å². The van der Waals surface area contributed by atoms with Gasteiger partial charge in [0.05, 0.1) is 6.61 Å². The van der Waals surface area contributed by atoms with Crippen molar-refractivity contribution in [1.29, 1.82) is 0 Å². The summed E-state index contributed by atoms with van der Waals surface area (Å²) in [4.78, 5) is 51.3. The van der Waals surface area contributed by atoms with Gasteiger partial charge in [0.25, 0.3) is 0 Å². The number of unbranched alkanes of at least 4 members (excludes halogenated alkanes) is 40. The fourth-order valence-corrected chi connectivity index (χ4v) is 10.3. The Hall–Kier alpha value is -2.80. The van der Waals surface area contributed by atoms with E-state index in [1.807, 2.05) is 0 Å². The van der Waals surface area contributed by atoms with Crippen LogP contribution >= 0.6 is 0 Å². The molecule has 1 heterocycles. The molecule has 1 saturated heterocycles. The lowest BCUT2D eigenvalue weighted by Gasteiger charge is -2.40. The number of hydrogen-bond acceptors (Lipinski definition) is 11. The first-order valence-corrected chi connectivity index (χ1v) is 33.3. The Morgan fingerprint density at radius 1 is 0.405 bits per heavy atom. The Kier molecular flexibility index (Phi) is 52.3. The van der Waals surface area contributed by atoms with Gasteiger partial charge in [-0.1, -0.05) is 270 Å². The molecular weight excluding hydrogens is 997 g/mol. The summed E-state index contributed by atoms with van der Waals surface area (Å²) in [5.41, 5.74) is 0. The topological polar surface area (TPSA) is 175 Å². The number of aliphatic carboxylic acids is 1. The molecule has 0 saturated carbocycles. The predicted molar refractivity (Wildman–Crippen MR) is 322 cm³/mol. The highest BCUT2D eigenvalue weighted by Crippen LogP contribution is 2.27. The van der Waals surface area contributed by atoms with Crippen molar-refractivity contribution in [3.63, 3.8) is 0 Å². The van der Waals surface area contributed by atoms with Gasteiger partial charge in [0, 0.05) is 19.3 Å². The van der Waals surface area contributed by atoms with Crippen LogP contribution in [0.4, 0.5) is 0 Å². The summed E-state index contributed by atoms with van der Waals surface area (Å²) >= 11 is 0. The van der Waals surface area contributed by atoms with Crippen molar-refractivity contribution in [2.24, 2.45) is 0 Å². The number of allylic oxidation sites excluding steroid dienone is 4. The van der Waals surface area contributed by atoms with Gasteiger partial charge in [-0.15, -0.1) is 0 Å². The number of aliphatic hydroxyl groups excluding tert-OH is 2. The fraction of sp³-hybridized carbons (Fsp3) is 0.881. The Bertz CT molecular complexity index is 1470. The second-order valence-electron chi connectivity index (χ2n) is 23.1. The number of rotatable bonds is 58. The van der Waals surface area contributed by atoms with E-state index in [9.17, 15) is 34.5 Å². The largest absolute Gasteiger partial charge is 0.479 e. The number of esters is 3. The zero-order chi connectivity index (χ0) is 57.5. The van der Waals surface area contributed by atoms with Gasteiger partial charge in [-0.05, 0) is 64.2 Å². The minimum absolute atomic E-state index is 0.0542. The monoisotopic (exact) mass is 1120 g/mol. The van der Waals surface area contributed by atoms with Crippen molar-refractivity contribution in [2.45, 2.75) is 366 Å². The van der Waals surface area contributed by atoms with Crippen LogP contribution in [0.15, 0.2) is 24.3 Å². The lowest BCUT2D eigenvalue weighted by molar-refractivity contribution is -0.301. The van der Waals surface area contributed by atoms with Gasteiger partial charge in [-0.3, -0.25) is 14.4 Å². The third kappa shape index (κ3) is 45.4. The van der Waals surface area contributed by atoms with Crippen molar-refractivity contribution >= 4 is 23.9 Å². The molecule has 0 aromatic rings. The average Bonchev–Trinajstić information content (AvgIpc) is 3.44. The second-order valence-corrected chi connectivity index (χ2v) is 23.1.